The lowest BCUT2D eigenvalue weighted by atomic mass is 9.79. The summed E-state index contributed by atoms with van der Waals surface area (Å²) in [7, 11) is 0. The van der Waals surface area contributed by atoms with Gasteiger partial charge in [-0.05, 0) is 56.2 Å². The standard InChI is InChI=1S/C18H29NS/c1-5-19-16-11-10-15(13(2)3)12-18(16)20-17-9-7-6-8-14(17)4/h6-9,13,15-16,18-19H,5,10-12H2,1-4H3. The molecule has 0 heterocycles. The lowest BCUT2D eigenvalue weighted by molar-refractivity contribution is 0.247. The van der Waals surface area contributed by atoms with Gasteiger partial charge in [-0.15, -0.1) is 11.8 Å². The number of thioether (sulfide) groups is 1. The molecule has 3 unspecified atom stereocenters. The van der Waals surface area contributed by atoms with Crippen LogP contribution in [0, 0.1) is 18.8 Å². The summed E-state index contributed by atoms with van der Waals surface area (Å²) in [5, 5.41) is 4.43. The van der Waals surface area contributed by atoms with Crippen LogP contribution in [0.15, 0.2) is 29.2 Å². The number of hydrogen-bond donors (Lipinski definition) is 1. The molecule has 2 rings (SSSR count). The second kappa shape index (κ2) is 7.51. The molecular formula is C18H29NS. The molecule has 2 heteroatoms. The largest absolute Gasteiger partial charge is 0.313 e. The van der Waals surface area contributed by atoms with Crippen molar-refractivity contribution in [3.63, 3.8) is 0 Å². The van der Waals surface area contributed by atoms with Crippen molar-refractivity contribution >= 4 is 11.8 Å². The van der Waals surface area contributed by atoms with Gasteiger partial charge in [-0.2, -0.15) is 0 Å². The predicted molar refractivity (Wildman–Crippen MR) is 90.5 cm³/mol. The van der Waals surface area contributed by atoms with E-state index in [4.69, 9.17) is 0 Å². The van der Waals surface area contributed by atoms with E-state index in [9.17, 15) is 0 Å². The fourth-order valence-electron chi connectivity index (χ4n) is 3.24. The Morgan fingerprint density at radius 3 is 2.65 bits per heavy atom. The monoisotopic (exact) mass is 291 g/mol. The van der Waals surface area contributed by atoms with Crippen LogP contribution in [0.1, 0.15) is 45.6 Å². The Bertz CT molecular complexity index is 416. The molecular weight excluding hydrogens is 262 g/mol. The van der Waals surface area contributed by atoms with E-state index < -0.39 is 0 Å². The van der Waals surface area contributed by atoms with E-state index in [0.717, 1.165) is 23.6 Å². The first-order chi connectivity index (χ1) is 9.61. The molecule has 0 aromatic heterocycles. The zero-order valence-electron chi connectivity index (χ0n) is 13.4. The van der Waals surface area contributed by atoms with Gasteiger partial charge in [0.15, 0.2) is 0 Å². The fraction of sp³-hybridized carbons (Fsp3) is 0.667. The second-order valence-electron chi connectivity index (χ2n) is 6.40. The third kappa shape index (κ3) is 4.02. The maximum atomic E-state index is 3.71. The van der Waals surface area contributed by atoms with E-state index in [1.807, 2.05) is 0 Å². The Kier molecular flexibility index (Phi) is 5.98. The number of rotatable bonds is 5. The van der Waals surface area contributed by atoms with Crippen LogP contribution in [-0.2, 0) is 0 Å². The van der Waals surface area contributed by atoms with Gasteiger partial charge in [0.1, 0.15) is 0 Å². The van der Waals surface area contributed by atoms with Gasteiger partial charge in [0.25, 0.3) is 0 Å². The van der Waals surface area contributed by atoms with Crippen molar-refractivity contribution in [3.05, 3.63) is 29.8 Å². The van der Waals surface area contributed by atoms with Gasteiger partial charge >= 0.3 is 0 Å². The first-order valence-electron chi connectivity index (χ1n) is 8.07. The van der Waals surface area contributed by atoms with Crippen molar-refractivity contribution < 1.29 is 0 Å². The maximum Gasteiger partial charge on any atom is 0.0251 e. The van der Waals surface area contributed by atoms with Crippen LogP contribution in [0.4, 0.5) is 0 Å². The molecule has 0 bridgehead atoms. The van der Waals surface area contributed by atoms with Crippen molar-refractivity contribution in [3.8, 4) is 0 Å². The minimum absolute atomic E-state index is 0.680. The van der Waals surface area contributed by atoms with Crippen LogP contribution in [0.2, 0.25) is 0 Å². The Labute approximate surface area is 128 Å². The van der Waals surface area contributed by atoms with Gasteiger partial charge < -0.3 is 5.32 Å². The van der Waals surface area contributed by atoms with Crippen LogP contribution in [-0.4, -0.2) is 17.8 Å². The summed E-state index contributed by atoms with van der Waals surface area (Å²) in [5.74, 6) is 1.71. The average molecular weight is 292 g/mol. The fourth-order valence-corrected chi connectivity index (χ4v) is 4.72. The first kappa shape index (κ1) is 15.9. The summed E-state index contributed by atoms with van der Waals surface area (Å²) in [5.41, 5.74) is 1.42. The topological polar surface area (TPSA) is 12.0 Å². The minimum Gasteiger partial charge on any atom is -0.313 e. The molecule has 0 amide bonds. The number of aryl methyl sites for hydroxylation is 1. The highest BCUT2D eigenvalue weighted by molar-refractivity contribution is 8.00. The van der Waals surface area contributed by atoms with E-state index in [1.54, 1.807) is 0 Å². The molecule has 3 atom stereocenters. The molecule has 112 valence electrons. The summed E-state index contributed by atoms with van der Waals surface area (Å²) < 4.78 is 0. The predicted octanol–water partition coefficient (Wildman–Crippen LogP) is 4.89. The molecule has 1 aromatic carbocycles. The van der Waals surface area contributed by atoms with Crippen molar-refractivity contribution in [2.24, 2.45) is 11.8 Å². The summed E-state index contributed by atoms with van der Waals surface area (Å²) in [4.78, 5) is 1.46. The molecule has 20 heavy (non-hydrogen) atoms. The Hall–Kier alpha value is -0.470. The van der Waals surface area contributed by atoms with E-state index in [0.29, 0.717) is 6.04 Å². The Morgan fingerprint density at radius 1 is 1.25 bits per heavy atom. The number of nitrogens with one attached hydrogen (secondary N) is 1. The molecule has 1 aliphatic rings. The molecule has 0 radical (unpaired) electrons. The highest BCUT2D eigenvalue weighted by atomic mass is 32.2. The lowest BCUT2D eigenvalue weighted by Gasteiger charge is -2.38. The molecule has 1 nitrogen and oxygen atoms in total. The highest BCUT2D eigenvalue weighted by Crippen LogP contribution is 2.39. The molecule has 0 saturated heterocycles. The van der Waals surface area contributed by atoms with Gasteiger partial charge in [0.2, 0.25) is 0 Å². The normalized spacial score (nSPS) is 26.9. The smallest absolute Gasteiger partial charge is 0.0251 e. The molecule has 0 spiro atoms. The van der Waals surface area contributed by atoms with E-state index in [2.05, 4.69) is 69.0 Å². The Balaban J connectivity index is 2.09. The summed E-state index contributed by atoms with van der Waals surface area (Å²) in [6, 6.07) is 9.49. The minimum atomic E-state index is 0.680. The summed E-state index contributed by atoms with van der Waals surface area (Å²) in [6.07, 6.45) is 4.08. The molecule has 1 aromatic rings. The zero-order valence-corrected chi connectivity index (χ0v) is 14.2. The zero-order chi connectivity index (χ0) is 14.5. The van der Waals surface area contributed by atoms with E-state index in [1.165, 1.54) is 29.7 Å². The van der Waals surface area contributed by atoms with Gasteiger partial charge in [-0.3, -0.25) is 0 Å². The number of benzene rings is 1. The van der Waals surface area contributed by atoms with Crippen molar-refractivity contribution in [1.82, 2.24) is 5.32 Å². The van der Waals surface area contributed by atoms with Crippen LogP contribution in [0.3, 0.4) is 0 Å². The molecule has 1 aliphatic carbocycles. The molecule has 1 fully saturated rings. The molecule has 1 N–H and O–H groups in total. The quantitative estimate of drug-likeness (QED) is 0.829. The first-order valence-corrected chi connectivity index (χ1v) is 8.95. The van der Waals surface area contributed by atoms with Crippen LogP contribution < -0.4 is 5.32 Å². The van der Waals surface area contributed by atoms with E-state index >= 15 is 0 Å². The van der Waals surface area contributed by atoms with Crippen LogP contribution >= 0.6 is 11.8 Å². The van der Waals surface area contributed by atoms with Crippen molar-refractivity contribution in [1.29, 1.82) is 0 Å². The maximum absolute atomic E-state index is 3.71. The summed E-state index contributed by atoms with van der Waals surface area (Å²) in [6.45, 7) is 10.3. The molecule has 0 aliphatic heterocycles. The highest BCUT2D eigenvalue weighted by Gasteiger charge is 2.32. The number of hydrogen-bond acceptors (Lipinski definition) is 2. The second-order valence-corrected chi connectivity index (χ2v) is 7.68. The van der Waals surface area contributed by atoms with Gasteiger partial charge in [-0.25, -0.2) is 0 Å². The van der Waals surface area contributed by atoms with Gasteiger partial charge in [0, 0.05) is 16.2 Å². The van der Waals surface area contributed by atoms with Gasteiger partial charge in [0.05, 0.1) is 0 Å². The SMILES string of the molecule is CCNC1CCC(C(C)C)CC1Sc1ccccc1C. The van der Waals surface area contributed by atoms with Crippen molar-refractivity contribution in [2.75, 3.05) is 6.54 Å². The van der Waals surface area contributed by atoms with Gasteiger partial charge in [-0.1, -0.05) is 39.0 Å². The summed E-state index contributed by atoms with van der Waals surface area (Å²) >= 11 is 2.10. The average Bonchev–Trinajstić information content (AvgIpc) is 2.43. The van der Waals surface area contributed by atoms with Crippen molar-refractivity contribution in [2.45, 2.75) is 63.1 Å². The third-order valence-corrected chi connectivity index (χ3v) is 6.15. The lowest BCUT2D eigenvalue weighted by Crippen LogP contribution is -2.43. The van der Waals surface area contributed by atoms with E-state index in [-0.39, 0.29) is 0 Å². The van der Waals surface area contributed by atoms with Crippen LogP contribution in [0.25, 0.3) is 0 Å². The molecule has 1 saturated carbocycles. The Morgan fingerprint density at radius 2 is 2.00 bits per heavy atom. The third-order valence-electron chi connectivity index (χ3n) is 4.61. The van der Waals surface area contributed by atoms with Crippen LogP contribution in [0.5, 0.6) is 0 Å².